The lowest BCUT2D eigenvalue weighted by Gasteiger charge is -2.21. The minimum atomic E-state index is -0.275. The molecule has 1 atom stereocenters. The molecule has 0 spiro atoms. The first-order valence-electron chi connectivity index (χ1n) is 6.77. The first-order chi connectivity index (χ1) is 8.65. The fraction of sp³-hybridized carbons (Fsp3) is 0.600. The normalized spacial score (nSPS) is 15.6. The van der Waals surface area contributed by atoms with Crippen molar-refractivity contribution >= 4 is 15.9 Å². The number of hydrogen-bond acceptors (Lipinski definition) is 2. The second-order valence-electron chi connectivity index (χ2n) is 5.00. The number of fused-ring (bicyclic) bond motifs is 1. The van der Waals surface area contributed by atoms with E-state index < -0.39 is 0 Å². The van der Waals surface area contributed by atoms with Crippen molar-refractivity contribution in [2.45, 2.75) is 45.6 Å². The highest BCUT2D eigenvalue weighted by Crippen LogP contribution is 2.34. The number of hydrogen-bond donors (Lipinski definition) is 1. The maximum Gasteiger partial charge on any atom is 0.125 e. The van der Waals surface area contributed by atoms with Crippen LogP contribution in [-0.4, -0.2) is 17.8 Å². The Bertz CT molecular complexity index is 413. The Morgan fingerprint density at radius 3 is 2.72 bits per heavy atom. The monoisotopic (exact) mass is 312 g/mol. The van der Waals surface area contributed by atoms with Crippen LogP contribution < -0.4 is 4.74 Å². The van der Waals surface area contributed by atoms with E-state index in [2.05, 4.69) is 41.9 Å². The smallest absolute Gasteiger partial charge is 0.125 e. The first-order valence-corrected chi connectivity index (χ1v) is 7.57. The van der Waals surface area contributed by atoms with Crippen LogP contribution in [0.25, 0.3) is 0 Å². The Balaban J connectivity index is 2.19. The van der Waals surface area contributed by atoms with Crippen LogP contribution >= 0.6 is 15.9 Å². The molecule has 0 aliphatic carbocycles. The Kier molecular flexibility index (Phi) is 4.68. The van der Waals surface area contributed by atoms with E-state index in [1.165, 1.54) is 5.56 Å². The third-order valence-corrected chi connectivity index (χ3v) is 4.31. The van der Waals surface area contributed by atoms with Gasteiger partial charge in [-0.15, -0.1) is 0 Å². The molecule has 3 heteroatoms. The average molecular weight is 313 g/mol. The Morgan fingerprint density at radius 1 is 1.33 bits per heavy atom. The highest BCUT2D eigenvalue weighted by molar-refractivity contribution is 9.10. The van der Waals surface area contributed by atoms with E-state index in [1.807, 2.05) is 0 Å². The topological polar surface area (TPSA) is 29.5 Å². The van der Waals surface area contributed by atoms with Gasteiger partial charge in [-0.2, -0.15) is 0 Å². The lowest BCUT2D eigenvalue weighted by Crippen LogP contribution is -2.22. The molecule has 18 heavy (non-hydrogen) atoms. The molecule has 0 amide bonds. The van der Waals surface area contributed by atoms with Crippen LogP contribution in [0.15, 0.2) is 16.6 Å². The van der Waals surface area contributed by atoms with Crippen molar-refractivity contribution in [3.05, 3.63) is 27.7 Å². The molecular weight excluding hydrogens is 292 g/mol. The van der Waals surface area contributed by atoms with E-state index in [0.29, 0.717) is 12.3 Å². The fourth-order valence-corrected chi connectivity index (χ4v) is 3.28. The van der Waals surface area contributed by atoms with Crippen LogP contribution in [0.2, 0.25) is 0 Å². The quantitative estimate of drug-likeness (QED) is 0.897. The summed E-state index contributed by atoms with van der Waals surface area (Å²) < 4.78 is 6.78. The minimum Gasteiger partial charge on any atom is -0.493 e. The number of aliphatic hydroxyl groups excluding tert-OH is 1. The standard InChI is InChI=1S/C15H21BrO2/c1-3-10(4-2)14(17)9-12-8-13(16)7-11-5-6-18-15(11)12/h7-8,10,14,17H,3-6,9H2,1-2H3. The van der Waals surface area contributed by atoms with Crippen molar-refractivity contribution in [1.29, 1.82) is 0 Å². The van der Waals surface area contributed by atoms with Crippen LogP contribution in [0.3, 0.4) is 0 Å². The van der Waals surface area contributed by atoms with Gasteiger partial charge in [-0.3, -0.25) is 0 Å². The second-order valence-corrected chi connectivity index (χ2v) is 5.92. The predicted molar refractivity (Wildman–Crippen MR) is 77.1 cm³/mol. The summed E-state index contributed by atoms with van der Waals surface area (Å²) in [6.07, 6.45) is 3.43. The largest absolute Gasteiger partial charge is 0.493 e. The highest BCUT2D eigenvalue weighted by atomic mass is 79.9. The summed E-state index contributed by atoms with van der Waals surface area (Å²) in [5, 5.41) is 10.3. The second kappa shape index (κ2) is 6.07. The zero-order valence-electron chi connectivity index (χ0n) is 11.1. The average Bonchev–Trinajstić information content (AvgIpc) is 2.78. The summed E-state index contributed by atoms with van der Waals surface area (Å²) in [6, 6.07) is 4.20. The van der Waals surface area contributed by atoms with Gasteiger partial charge in [0.15, 0.2) is 0 Å². The summed E-state index contributed by atoms with van der Waals surface area (Å²) in [6.45, 7) is 5.04. The molecular formula is C15H21BrO2. The molecule has 0 saturated carbocycles. The Hall–Kier alpha value is -0.540. The van der Waals surface area contributed by atoms with Crippen molar-refractivity contribution in [2.75, 3.05) is 6.61 Å². The fourth-order valence-electron chi connectivity index (χ4n) is 2.72. The Morgan fingerprint density at radius 2 is 2.06 bits per heavy atom. The van der Waals surface area contributed by atoms with Gasteiger partial charge in [0.1, 0.15) is 5.75 Å². The molecule has 1 aliphatic heterocycles. The van der Waals surface area contributed by atoms with Gasteiger partial charge in [0.05, 0.1) is 12.7 Å². The third kappa shape index (κ3) is 2.89. The highest BCUT2D eigenvalue weighted by Gasteiger charge is 2.22. The number of halogens is 1. The van der Waals surface area contributed by atoms with Gasteiger partial charge >= 0.3 is 0 Å². The van der Waals surface area contributed by atoms with E-state index in [0.717, 1.165) is 41.7 Å². The van der Waals surface area contributed by atoms with Crippen molar-refractivity contribution in [2.24, 2.45) is 5.92 Å². The van der Waals surface area contributed by atoms with E-state index in [-0.39, 0.29) is 6.10 Å². The van der Waals surface area contributed by atoms with Crippen LogP contribution in [-0.2, 0) is 12.8 Å². The zero-order chi connectivity index (χ0) is 13.1. The Labute approximate surface area is 117 Å². The van der Waals surface area contributed by atoms with Gasteiger partial charge in [0.2, 0.25) is 0 Å². The molecule has 1 N–H and O–H groups in total. The number of rotatable bonds is 5. The summed E-state index contributed by atoms with van der Waals surface area (Å²) in [5.74, 6) is 1.38. The summed E-state index contributed by atoms with van der Waals surface area (Å²) in [5.41, 5.74) is 2.40. The molecule has 0 saturated heterocycles. The molecule has 1 aromatic carbocycles. The van der Waals surface area contributed by atoms with Crippen LogP contribution in [0.5, 0.6) is 5.75 Å². The van der Waals surface area contributed by atoms with E-state index in [1.54, 1.807) is 0 Å². The molecule has 1 heterocycles. The summed E-state index contributed by atoms with van der Waals surface area (Å²) >= 11 is 3.54. The number of aliphatic hydroxyl groups is 1. The number of ether oxygens (including phenoxy) is 1. The van der Waals surface area contributed by atoms with Gasteiger partial charge in [0.25, 0.3) is 0 Å². The minimum absolute atomic E-state index is 0.275. The third-order valence-electron chi connectivity index (χ3n) is 3.85. The molecule has 0 aromatic heterocycles. The van der Waals surface area contributed by atoms with Gasteiger partial charge in [0, 0.05) is 17.3 Å². The molecule has 2 rings (SSSR count). The number of benzene rings is 1. The lowest BCUT2D eigenvalue weighted by molar-refractivity contribution is 0.102. The van der Waals surface area contributed by atoms with Crippen LogP contribution in [0.1, 0.15) is 37.8 Å². The molecule has 100 valence electrons. The van der Waals surface area contributed by atoms with E-state index in [9.17, 15) is 5.11 Å². The predicted octanol–water partition coefficient (Wildman–Crippen LogP) is 3.72. The van der Waals surface area contributed by atoms with E-state index in [4.69, 9.17) is 4.74 Å². The molecule has 1 aromatic rings. The molecule has 0 fully saturated rings. The molecule has 0 bridgehead atoms. The van der Waals surface area contributed by atoms with E-state index >= 15 is 0 Å². The van der Waals surface area contributed by atoms with Gasteiger partial charge in [-0.05, 0) is 29.2 Å². The summed E-state index contributed by atoms with van der Waals surface area (Å²) in [4.78, 5) is 0. The lowest BCUT2D eigenvalue weighted by atomic mass is 9.91. The molecule has 1 unspecified atom stereocenters. The zero-order valence-corrected chi connectivity index (χ0v) is 12.7. The molecule has 2 nitrogen and oxygen atoms in total. The molecule has 1 aliphatic rings. The summed E-state index contributed by atoms with van der Waals surface area (Å²) in [7, 11) is 0. The maximum absolute atomic E-state index is 10.3. The van der Waals surface area contributed by atoms with Crippen molar-refractivity contribution in [3.8, 4) is 5.75 Å². The van der Waals surface area contributed by atoms with Gasteiger partial charge in [-0.1, -0.05) is 42.6 Å². The maximum atomic E-state index is 10.3. The first kappa shape index (κ1) is 13.9. The van der Waals surface area contributed by atoms with Crippen molar-refractivity contribution in [3.63, 3.8) is 0 Å². The van der Waals surface area contributed by atoms with Gasteiger partial charge in [-0.25, -0.2) is 0 Å². The van der Waals surface area contributed by atoms with Crippen molar-refractivity contribution < 1.29 is 9.84 Å². The molecule has 0 radical (unpaired) electrons. The van der Waals surface area contributed by atoms with Crippen LogP contribution in [0.4, 0.5) is 0 Å². The SMILES string of the molecule is CCC(CC)C(O)Cc1cc(Br)cc2c1OCC2. The van der Waals surface area contributed by atoms with Crippen LogP contribution in [0, 0.1) is 5.92 Å². The van der Waals surface area contributed by atoms with Crippen molar-refractivity contribution in [1.82, 2.24) is 0 Å². The van der Waals surface area contributed by atoms with Gasteiger partial charge < -0.3 is 9.84 Å².